The molecule has 0 radical (unpaired) electrons. The van der Waals surface area contributed by atoms with Gasteiger partial charge in [-0.05, 0) is 58.0 Å². The van der Waals surface area contributed by atoms with Crippen molar-refractivity contribution in [3.63, 3.8) is 0 Å². The fourth-order valence-corrected chi connectivity index (χ4v) is 3.38. The molecule has 0 aliphatic carbocycles. The molecule has 118 valence electrons. The molecule has 0 aromatic heterocycles. The fourth-order valence-electron chi connectivity index (χ4n) is 3.38. The summed E-state index contributed by atoms with van der Waals surface area (Å²) >= 11 is 0. The van der Waals surface area contributed by atoms with E-state index in [1.807, 2.05) is 20.9 Å². The number of nitrogens with zero attached hydrogens (tertiary/aromatic N) is 1. The van der Waals surface area contributed by atoms with Gasteiger partial charge in [-0.1, -0.05) is 18.2 Å². The van der Waals surface area contributed by atoms with Gasteiger partial charge >= 0.3 is 6.18 Å². The van der Waals surface area contributed by atoms with E-state index in [0.29, 0.717) is 5.56 Å². The Morgan fingerprint density at radius 1 is 1.29 bits per heavy atom. The van der Waals surface area contributed by atoms with Crippen molar-refractivity contribution >= 4 is 0 Å². The quantitative estimate of drug-likeness (QED) is 0.912. The molecule has 1 fully saturated rings. The standard InChI is InChI=1S/C16H23F3N2/c1-11(2)21-9-8-12(10-20-3)15(21)13-6-4-5-7-14(13)16(17,18)19/h4-7,11-12,15,20H,8-10H2,1-3H3. The van der Waals surface area contributed by atoms with E-state index in [1.54, 1.807) is 12.1 Å². The summed E-state index contributed by atoms with van der Waals surface area (Å²) < 4.78 is 39.9. The molecule has 21 heavy (non-hydrogen) atoms. The van der Waals surface area contributed by atoms with Crippen LogP contribution in [0.25, 0.3) is 0 Å². The summed E-state index contributed by atoms with van der Waals surface area (Å²) in [6.45, 7) is 5.68. The lowest BCUT2D eigenvalue weighted by molar-refractivity contribution is -0.138. The summed E-state index contributed by atoms with van der Waals surface area (Å²) in [6, 6.07) is 6.07. The zero-order chi connectivity index (χ0) is 15.6. The monoisotopic (exact) mass is 300 g/mol. The van der Waals surface area contributed by atoms with E-state index in [4.69, 9.17) is 0 Å². The SMILES string of the molecule is CNCC1CCN(C(C)C)C1c1ccccc1C(F)(F)F. The third-order valence-corrected chi connectivity index (χ3v) is 4.28. The molecular formula is C16H23F3N2. The van der Waals surface area contributed by atoms with E-state index < -0.39 is 11.7 Å². The van der Waals surface area contributed by atoms with E-state index in [0.717, 1.165) is 19.5 Å². The van der Waals surface area contributed by atoms with Crippen LogP contribution in [-0.4, -0.2) is 31.1 Å². The number of halogens is 3. The van der Waals surface area contributed by atoms with Crippen molar-refractivity contribution in [3.8, 4) is 0 Å². The lowest BCUT2D eigenvalue weighted by Crippen LogP contribution is -2.35. The lowest BCUT2D eigenvalue weighted by Gasteiger charge is -2.33. The number of rotatable bonds is 4. The minimum atomic E-state index is -4.30. The van der Waals surface area contributed by atoms with Crippen molar-refractivity contribution in [1.29, 1.82) is 0 Å². The number of hydrogen-bond donors (Lipinski definition) is 1. The zero-order valence-electron chi connectivity index (χ0n) is 12.7. The molecule has 0 saturated carbocycles. The summed E-state index contributed by atoms with van der Waals surface area (Å²) in [4.78, 5) is 2.19. The van der Waals surface area contributed by atoms with Crippen LogP contribution in [0.4, 0.5) is 13.2 Å². The van der Waals surface area contributed by atoms with Crippen molar-refractivity contribution in [2.24, 2.45) is 5.92 Å². The Balaban J connectivity index is 2.45. The molecule has 1 heterocycles. The fraction of sp³-hybridized carbons (Fsp3) is 0.625. The molecule has 5 heteroatoms. The van der Waals surface area contributed by atoms with E-state index in [2.05, 4.69) is 10.2 Å². The molecule has 1 aliphatic heterocycles. The highest BCUT2D eigenvalue weighted by atomic mass is 19.4. The molecule has 1 aromatic carbocycles. The van der Waals surface area contributed by atoms with Crippen LogP contribution in [0.15, 0.2) is 24.3 Å². The van der Waals surface area contributed by atoms with Crippen LogP contribution in [0.1, 0.15) is 37.4 Å². The first kappa shape index (κ1) is 16.3. The van der Waals surface area contributed by atoms with Crippen LogP contribution in [0.5, 0.6) is 0 Å². The highest BCUT2D eigenvalue weighted by molar-refractivity contribution is 5.34. The molecule has 1 saturated heterocycles. The predicted octanol–water partition coefficient (Wildman–Crippen LogP) is 3.70. The summed E-state index contributed by atoms with van der Waals surface area (Å²) in [5, 5.41) is 3.12. The maximum absolute atomic E-state index is 13.3. The number of benzene rings is 1. The molecule has 0 amide bonds. The molecule has 2 atom stereocenters. The molecule has 1 aromatic rings. The number of likely N-dealkylation sites (tertiary alicyclic amines) is 1. The van der Waals surface area contributed by atoms with Crippen molar-refractivity contribution in [3.05, 3.63) is 35.4 Å². The predicted molar refractivity (Wildman–Crippen MR) is 78.1 cm³/mol. The van der Waals surface area contributed by atoms with Crippen LogP contribution < -0.4 is 5.32 Å². The molecule has 0 spiro atoms. The Morgan fingerprint density at radius 2 is 1.95 bits per heavy atom. The van der Waals surface area contributed by atoms with Gasteiger partial charge in [0.15, 0.2) is 0 Å². The molecule has 1 N–H and O–H groups in total. The smallest absolute Gasteiger partial charge is 0.319 e. The first-order valence-electron chi connectivity index (χ1n) is 7.42. The van der Waals surface area contributed by atoms with E-state index >= 15 is 0 Å². The minimum absolute atomic E-state index is 0.171. The Labute approximate surface area is 124 Å². The maximum atomic E-state index is 13.3. The van der Waals surface area contributed by atoms with Crippen molar-refractivity contribution < 1.29 is 13.2 Å². The Morgan fingerprint density at radius 3 is 2.52 bits per heavy atom. The minimum Gasteiger partial charge on any atom is -0.319 e. The van der Waals surface area contributed by atoms with Crippen molar-refractivity contribution in [2.75, 3.05) is 20.1 Å². The lowest BCUT2D eigenvalue weighted by atomic mass is 9.89. The van der Waals surface area contributed by atoms with Crippen molar-refractivity contribution in [1.82, 2.24) is 10.2 Å². The molecule has 2 unspecified atom stereocenters. The highest BCUT2D eigenvalue weighted by Crippen LogP contribution is 2.43. The highest BCUT2D eigenvalue weighted by Gasteiger charge is 2.41. The van der Waals surface area contributed by atoms with E-state index in [1.165, 1.54) is 12.1 Å². The zero-order valence-corrected chi connectivity index (χ0v) is 12.7. The second kappa shape index (κ2) is 6.36. The van der Waals surface area contributed by atoms with E-state index in [9.17, 15) is 13.2 Å². The third kappa shape index (κ3) is 3.40. The maximum Gasteiger partial charge on any atom is 0.416 e. The largest absolute Gasteiger partial charge is 0.416 e. The van der Waals surface area contributed by atoms with Gasteiger partial charge in [-0.15, -0.1) is 0 Å². The Kier molecular flexibility index (Phi) is 4.94. The first-order valence-corrected chi connectivity index (χ1v) is 7.42. The Bertz CT molecular complexity index is 471. The van der Waals surface area contributed by atoms with Gasteiger partial charge in [0.25, 0.3) is 0 Å². The van der Waals surface area contributed by atoms with Gasteiger partial charge < -0.3 is 5.32 Å². The third-order valence-electron chi connectivity index (χ3n) is 4.28. The molecule has 1 aliphatic rings. The summed E-state index contributed by atoms with van der Waals surface area (Å²) in [7, 11) is 1.85. The molecule has 2 rings (SSSR count). The average Bonchev–Trinajstić information content (AvgIpc) is 2.82. The van der Waals surface area contributed by atoms with Crippen LogP contribution >= 0.6 is 0 Å². The normalized spacial score (nSPS) is 24.0. The average molecular weight is 300 g/mol. The number of hydrogen-bond acceptors (Lipinski definition) is 2. The van der Waals surface area contributed by atoms with Gasteiger partial charge in [-0.25, -0.2) is 0 Å². The van der Waals surface area contributed by atoms with Gasteiger partial charge in [0.05, 0.1) is 5.56 Å². The summed E-state index contributed by atoms with van der Waals surface area (Å²) in [6.07, 6.45) is -3.37. The van der Waals surface area contributed by atoms with E-state index in [-0.39, 0.29) is 18.0 Å². The molecular weight excluding hydrogens is 277 g/mol. The number of alkyl halides is 3. The van der Waals surface area contributed by atoms with Gasteiger partial charge in [0.2, 0.25) is 0 Å². The topological polar surface area (TPSA) is 15.3 Å². The van der Waals surface area contributed by atoms with Crippen LogP contribution in [0, 0.1) is 5.92 Å². The van der Waals surface area contributed by atoms with Gasteiger partial charge in [0, 0.05) is 12.1 Å². The van der Waals surface area contributed by atoms with Gasteiger partial charge in [0.1, 0.15) is 0 Å². The first-order chi connectivity index (χ1) is 9.86. The van der Waals surface area contributed by atoms with Gasteiger partial charge in [-0.3, -0.25) is 4.90 Å². The number of nitrogens with one attached hydrogen (secondary N) is 1. The molecule has 0 bridgehead atoms. The van der Waals surface area contributed by atoms with Crippen LogP contribution in [0.3, 0.4) is 0 Å². The second-order valence-electron chi connectivity index (χ2n) is 5.97. The summed E-state index contributed by atoms with van der Waals surface area (Å²) in [5.74, 6) is 0.209. The van der Waals surface area contributed by atoms with Crippen LogP contribution in [0.2, 0.25) is 0 Å². The molecule has 2 nitrogen and oxygen atoms in total. The Hall–Kier alpha value is -1.07. The van der Waals surface area contributed by atoms with Gasteiger partial charge in [-0.2, -0.15) is 13.2 Å². The van der Waals surface area contributed by atoms with Crippen LogP contribution in [-0.2, 0) is 6.18 Å². The van der Waals surface area contributed by atoms with Crippen molar-refractivity contribution in [2.45, 2.75) is 38.5 Å². The summed E-state index contributed by atoms with van der Waals surface area (Å²) in [5.41, 5.74) is -0.0832. The second-order valence-corrected chi connectivity index (χ2v) is 5.97.